The molecule has 0 aliphatic heterocycles. The first-order chi connectivity index (χ1) is 14.1. The van der Waals surface area contributed by atoms with Crippen LogP contribution < -0.4 is 10.6 Å². The molecule has 4 rings (SSSR count). The minimum absolute atomic E-state index is 0.115. The second-order valence-corrected chi connectivity index (χ2v) is 7.79. The molecule has 0 atom stereocenters. The van der Waals surface area contributed by atoms with E-state index in [1.165, 1.54) is 5.56 Å². The van der Waals surface area contributed by atoms with Gasteiger partial charge in [0, 0.05) is 27.9 Å². The SMILES string of the molecule is Cc1ccc(C(=O)Nc2ccc(-c3csc(Nc4cccc(C)c4)n3)cc2)cc1. The zero-order valence-corrected chi connectivity index (χ0v) is 17.1. The number of aromatic nitrogens is 1. The first-order valence-corrected chi connectivity index (χ1v) is 10.2. The average Bonchev–Trinajstić information content (AvgIpc) is 3.17. The minimum atomic E-state index is -0.115. The lowest BCUT2D eigenvalue weighted by Gasteiger charge is -2.06. The van der Waals surface area contributed by atoms with Gasteiger partial charge in [-0.3, -0.25) is 4.79 Å². The van der Waals surface area contributed by atoms with Gasteiger partial charge < -0.3 is 10.6 Å². The Bertz CT molecular complexity index is 1130. The molecule has 29 heavy (non-hydrogen) atoms. The molecule has 1 amide bonds. The standard InChI is InChI=1S/C24H21N3OS/c1-16-6-8-19(9-7-16)23(28)25-20-12-10-18(11-13-20)22-15-29-24(27-22)26-21-5-3-4-17(2)14-21/h3-15H,1-2H3,(H,25,28)(H,26,27). The highest BCUT2D eigenvalue weighted by atomic mass is 32.1. The van der Waals surface area contributed by atoms with Gasteiger partial charge in [0.15, 0.2) is 5.13 Å². The molecule has 0 saturated heterocycles. The Labute approximate surface area is 174 Å². The van der Waals surface area contributed by atoms with Crippen LogP contribution in [0.25, 0.3) is 11.3 Å². The smallest absolute Gasteiger partial charge is 0.255 e. The predicted molar refractivity (Wildman–Crippen MR) is 121 cm³/mol. The third kappa shape index (κ3) is 4.70. The first-order valence-electron chi connectivity index (χ1n) is 9.34. The van der Waals surface area contributed by atoms with Gasteiger partial charge in [0.1, 0.15) is 0 Å². The summed E-state index contributed by atoms with van der Waals surface area (Å²) in [6.07, 6.45) is 0. The monoisotopic (exact) mass is 399 g/mol. The highest BCUT2D eigenvalue weighted by molar-refractivity contribution is 7.14. The second kappa shape index (κ2) is 8.29. The highest BCUT2D eigenvalue weighted by Crippen LogP contribution is 2.28. The van der Waals surface area contributed by atoms with Crippen LogP contribution >= 0.6 is 11.3 Å². The van der Waals surface area contributed by atoms with E-state index in [0.717, 1.165) is 33.3 Å². The fourth-order valence-corrected chi connectivity index (χ4v) is 3.68. The van der Waals surface area contributed by atoms with Crippen LogP contribution in [-0.2, 0) is 0 Å². The maximum Gasteiger partial charge on any atom is 0.255 e. The number of carbonyl (C=O) groups excluding carboxylic acids is 1. The van der Waals surface area contributed by atoms with E-state index < -0.39 is 0 Å². The zero-order valence-electron chi connectivity index (χ0n) is 16.3. The zero-order chi connectivity index (χ0) is 20.2. The van der Waals surface area contributed by atoms with Crippen LogP contribution in [0, 0.1) is 13.8 Å². The fourth-order valence-electron chi connectivity index (χ4n) is 2.94. The highest BCUT2D eigenvalue weighted by Gasteiger charge is 2.08. The van der Waals surface area contributed by atoms with Gasteiger partial charge in [-0.1, -0.05) is 42.0 Å². The molecule has 0 aliphatic rings. The van der Waals surface area contributed by atoms with Crippen LogP contribution in [0.5, 0.6) is 0 Å². The molecular formula is C24H21N3OS. The lowest BCUT2D eigenvalue weighted by Crippen LogP contribution is -2.11. The molecule has 3 aromatic carbocycles. The van der Waals surface area contributed by atoms with E-state index in [9.17, 15) is 4.79 Å². The number of hydrogen-bond donors (Lipinski definition) is 2. The Hall–Kier alpha value is -3.44. The molecule has 1 heterocycles. The number of rotatable bonds is 5. The van der Waals surface area contributed by atoms with Crippen LogP contribution in [-0.4, -0.2) is 10.9 Å². The fraction of sp³-hybridized carbons (Fsp3) is 0.0833. The lowest BCUT2D eigenvalue weighted by atomic mass is 10.1. The summed E-state index contributed by atoms with van der Waals surface area (Å²) in [6, 6.07) is 23.5. The van der Waals surface area contributed by atoms with Crippen molar-refractivity contribution in [1.82, 2.24) is 4.98 Å². The number of anilines is 3. The Morgan fingerprint density at radius 3 is 2.34 bits per heavy atom. The van der Waals surface area contributed by atoms with Gasteiger partial charge in [0.2, 0.25) is 0 Å². The molecule has 5 heteroatoms. The molecule has 0 aliphatic carbocycles. The molecule has 0 fully saturated rings. The number of benzene rings is 3. The molecule has 1 aromatic heterocycles. The Morgan fingerprint density at radius 2 is 1.62 bits per heavy atom. The van der Waals surface area contributed by atoms with Crippen molar-refractivity contribution in [2.45, 2.75) is 13.8 Å². The van der Waals surface area contributed by atoms with E-state index in [-0.39, 0.29) is 5.91 Å². The number of carbonyl (C=O) groups is 1. The van der Waals surface area contributed by atoms with Crippen LogP contribution in [0.4, 0.5) is 16.5 Å². The second-order valence-electron chi connectivity index (χ2n) is 6.93. The Morgan fingerprint density at radius 1 is 0.862 bits per heavy atom. The van der Waals surface area contributed by atoms with Crippen LogP contribution in [0.2, 0.25) is 0 Å². The summed E-state index contributed by atoms with van der Waals surface area (Å²) < 4.78 is 0. The number of amides is 1. The van der Waals surface area contributed by atoms with Crippen molar-refractivity contribution in [2.24, 2.45) is 0 Å². The van der Waals surface area contributed by atoms with Crippen LogP contribution in [0.1, 0.15) is 21.5 Å². The van der Waals surface area contributed by atoms with E-state index >= 15 is 0 Å². The Balaban J connectivity index is 1.43. The van der Waals surface area contributed by atoms with E-state index in [0.29, 0.717) is 5.56 Å². The van der Waals surface area contributed by atoms with Crippen LogP contribution in [0.3, 0.4) is 0 Å². The molecule has 144 valence electrons. The largest absolute Gasteiger partial charge is 0.332 e. The number of hydrogen-bond acceptors (Lipinski definition) is 4. The van der Waals surface area contributed by atoms with Crippen molar-refractivity contribution in [3.63, 3.8) is 0 Å². The van der Waals surface area contributed by atoms with Gasteiger partial charge in [-0.25, -0.2) is 4.98 Å². The maximum atomic E-state index is 12.4. The van der Waals surface area contributed by atoms with Gasteiger partial charge in [0.05, 0.1) is 5.69 Å². The summed E-state index contributed by atoms with van der Waals surface area (Å²) in [7, 11) is 0. The van der Waals surface area contributed by atoms with Crippen molar-refractivity contribution in [2.75, 3.05) is 10.6 Å². The van der Waals surface area contributed by atoms with E-state index in [1.54, 1.807) is 11.3 Å². The van der Waals surface area contributed by atoms with Crippen molar-refractivity contribution >= 4 is 33.8 Å². The van der Waals surface area contributed by atoms with Crippen molar-refractivity contribution in [3.05, 3.63) is 94.9 Å². The van der Waals surface area contributed by atoms with Gasteiger partial charge in [-0.2, -0.15) is 0 Å². The molecule has 4 aromatic rings. The number of nitrogens with one attached hydrogen (secondary N) is 2. The topological polar surface area (TPSA) is 54.0 Å². The molecule has 0 unspecified atom stereocenters. The van der Waals surface area contributed by atoms with Gasteiger partial charge in [0.25, 0.3) is 5.91 Å². The molecule has 0 saturated carbocycles. The minimum Gasteiger partial charge on any atom is -0.332 e. The van der Waals surface area contributed by atoms with E-state index in [2.05, 4.69) is 34.7 Å². The van der Waals surface area contributed by atoms with Crippen molar-refractivity contribution in [3.8, 4) is 11.3 Å². The van der Waals surface area contributed by atoms with E-state index in [1.807, 2.05) is 73.0 Å². The first kappa shape index (κ1) is 18.9. The van der Waals surface area contributed by atoms with Gasteiger partial charge in [-0.05, 0) is 55.8 Å². The quantitative estimate of drug-likeness (QED) is 0.407. The van der Waals surface area contributed by atoms with Crippen molar-refractivity contribution in [1.29, 1.82) is 0 Å². The summed E-state index contributed by atoms with van der Waals surface area (Å²) in [5.41, 5.74) is 6.67. The Kier molecular flexibility index (Phi) is 5.40. The third-order valence-corrected chi connectivity index (χ3v) is 5.28. The van der Waals surface area contributed by atoms with E-state index in [4.69, 9.17) is 0 Å². The maximum absolute atomic E-state index is 12.4. The number of aryl methyl sites for hydroxylation is 2. The summed E-state index contributed by atoms with van der Waals surface area (Å²) in [6.45, 7) is 4.07. The number of nitrogens with zero attached hydrogens (tertiary/aromatic N) is 1. The lowest BCUT2D eigenvalue weighted by molar-refractivity contribution is 0.102. The van der Waals surface area contributed by atoms with Crippen LogP contribution in [0.15, 0.2) is 78.2 Å². The molecule has 0 radical (unpaired) electrons. The summed E-state index contributed by atoms with van der Waals surface area (Å²) in [5.74, 6) is -0.115. The third-order valence-electron chi connectivity index (χ3n) is 4.53. The summed E-state index contributed by atoms with van der Waals surface area (Å²) >= 11 is 1.57. The normalized spacial score (nSPS) is 10.6. The molecular weight excluding hydrogens is 378 g/mol. The molecule has 0 spiro atoms. The molecule has 0 bridgehead atoms. The van der Waals surface area contributed by atoms with Gasteiger partial charge >= 0.3 is 0 Å². The van der Waals surface area contributed by atoms with Crippen molar-refractivity contribution < 1.29 is 4.79 Å². The van der Waals surface area contributed by atoms with Gasteiger partial charge in [-0.15, -0.1) is 11.3 Å². The average molecular weight is 400 g/mol. The molecule has 4 nitrogen and oxygen atoms in total. The summed E-state index contributed by atoms with van der Waals surface area (Å²) in [5, 5.41) is 9.15. The molecule has 2 N–H and O–H groups in total. The summed E-state index contributed by atoms with van der Waals surface area (Å²) in [4.78, 5) is 17.0. The predicted octanol–water partition coefficient (Wildman–Crippen LogP) is 6.42. The number of thiazole rings is 1.